The number of aromatic nitrogens is 4. The van der Waals surface area contributed by atoms with E-state index in [9.17, 15) is 32.3 Å². The van der Waals surface area contributed by atoms with Crippen LogP contribution in [0.2, 0.25) is 0 Å². The van der Waals surface area contributed by atoms with E-state index < -0.39 is 46.4 Å². The van der Waals surface area contributed by atoms with Gasteiger partial charge in [-0.25, -0.2) is 14.2 Å². The summed E-state index contributed by atoms with van der Waals surface area (Å²) in [6, 6.07) is 8.17. The highest BCUT2D eigenvalue weighted by Gasteiger charge is 2.36. The van der Waals surface area contributed by atoms with Crippen LogP contribution in [0.15, 0.2) is 48.8 Å². The molecule has 0 atom stereocenters. The molecule has 10 nitrogen and oxygen atoms in total. The van der Waals surface area contributed by atoms with Crippen molar-refractivity contribution < 1.29 is 37.0 Å². The van der Waals surface area contributed by atoms with Crippen LogP contribution in [0.3, 0.4) is 0 Å². The number of carbonyl (C=O) groups excluding carboxylic acids is 2. The third-order valence-electron chi connectivity index (χ3n) is 5.75. The molecule has 0 radical (unpaired) electrons. The maximum Gasteiger partial charge on any atom is 0.420 e. The highest BCUT2D eigenvalue weighted by molar-refractivity contribution is 6.06. The maximum atomic E-state index is 14.2. The van der Waals surface area contributed by atoms with Crippen molar-refractivity contribution in [2.45, 2.75) is 13.1 Å². The lowest BCUT2D eigenvalue weighted by Gasteiger charge is -2.16. The standard InChI is InChI=1S/C26H22F4N6O4/c1-4-31-21-10-13(16-6-5-15(27)11-17(16)23-35-32-12-36(23)2)8-20(33-21)24(38)34-19-9-14(25(39)40-3)7-18(22(19)37)26(28,29)30/h5-12,37H,4H2,1-3H3,(H,31,33)(H,34,38). The van der Waals surface area contributed by atoms with Crippen molar-refractivity contribution in [3.63, 3.8) is 0 Å². The fourth-order valence-corrected chi connectivity index (χ4v) is 3.92. The zero-order valence-electron chi connectivity index (χ0n) is 21.3. The van der Waals surface area contributed by atoms with Gasteiger partial charge in [-0.1, -0.05) is 6.07 Å². The predicted molar refractivity (Wildman–Crippen MR) is 136 cm³/mol. The number of alkyl halides is 3. The number of hydrogen-bond acceptors (Lipinski definition) is 8. The molecule has 2 aromatic carbocycles. The predicted octanol–water partition coefficient (Wildman–Crippen LogP) is 4.88. The van der Waals surface area contributed by atoms with Gasteiger partial charge in [0.25, 0.3) is 5.91 Å². The number of hydrogen-bond donors (Lipinski definition) is 3. The molecule has 0 unspecified atom stereocenters. The average Bonchev–Trinajstić information content (AvgIpc) is 3.34. The fourth-order valence-electron chi connectivity index (χ4n) is 3.92. The summed E-state index contributed by atoms with van der Waals surface area (Å²) in [5.74, 6) is -3.35. The van der Waals surface area contributed by atoms with Crippen LogP contribution in [-0.4, -0.2) is 50.4 Å². The van der Waals surface area contributed by atoms with Gasteiger partial charge >= 0.3 is 12.1 Å². The second kappa shape index (κ2) is 11.0. The summed E-state index contributed by atoms with van der Waals surface area (Å²) < 4.78 is 60.9. The Labute approximate surface area is 224 Å². The molecule has 14 heteroatoms. The molecule has 1 amide bonds. The van der Waals surface area contributed by atoms with Gasteiger partial charge in [-0.05, 0) is 54.4 Å². The number of ether oxygens (including phenoxy) is 1. The lowest BCUT2D eigenvalue weighted by atomic mass is 9.98. The number of nitrogens with zero attached hydrogens (tertiary/aromatic N) is 4. The number of aromatic hydroxyl groups is 1. The molecule has 0 bridgehead atoms. The van der Waals surface area contributed by atoms with Crippen molar-refractivity contribution in [3.8, 4) is 28.3 Å². The van der Waals surface area contributed by atoms with Gasteiger partial charge < -0.3 is 25.0 Å². The average molecular weight is 558 g/mol. The lowest BCUT2D eigenvalue weighted by molar-refractivity contribution is -0.138. The molecule has 40 heavy (non-hydrogen) atoms. The molecule has 0 saturated heterocycles. The molecule has 4 aromatic rings. The number of benzene rings is 2. The summed E-state index contributed by atoms with van der Waals surface area (Å²) >= 11 is 0. The number of aryl methyl sites for hydroxylation is 1. The van der Waals surface area contributed by atoms with E-state index in [4.69, 9.17) is 0 Å². The minimum absolute atomic E-state index is 0.238. The number of methoxy groups -OCH3 is 1. The molecule has 208 valence electrons. The smallest absolute Gasteiger partial charge is 0.420 e. The molecule has 0 spiro atoms. The van der Waals surface area contributed by atoms with Crippen LogP contribution in [0.4, 0.5) is 29.1 Å². The largest absolute Gasteiger partial charge is 0.505 e. The first-order valence-electron chi connectivity index (χ1n) is 11.7. The molecule has 0 aliphatic heterocycles. The Morgan fingerprint density at radius 1 is 1.10 bits per heavy atom. The number of carbonyl (C=O) groups is 2. The molecule has 0 aliphatic carbocycles. The molecule has 2 aromatic heterocycles. The highest BCUT2D eigenvalue weighted by atomic mass is 19.4. The summed E-state index contributed by atoms with van der Waals surface area (Å²) in [5, 5.41) is 23.3. The summed E-state index contributed by atoms with van der Waals surface area (Å²) in [6.07, 6.45) is -3.60. The minimum Gasteiger partial charge on any atom is -0.505 e. The Hall–Kier alpha value is -5.01. The number of anilines is 2. The first-order chi connectivity index (χ1) is 18.9. The van der Waals surface area contributed by atoms with Crippen molar-refractivity contribution >= 4 is 23.4 Å². The van der Waals surface area contributed by atoms with Gasteiger partial charge in [0.1, 0.15) is 29.2 Å². The summed E-state index contributed by atoms with van der Waals surface area (Å²) in [5.41, 5.74) is -1.80. The second-order valence-electron chi connectivity index (χ2n) is 8.48. The Bertz CT molecular complexity index is 1600. The van der Waals surface area contributed by atoms with E-state index in [-0.39, 0.29) is 11.5 Å². The molecular formula is C26H22F4N6O4. The normalized spacial score (nSPS) is 11.3. The Morgan fingerprint density at radius 3 is 2.48 bits per heavy atom. The van der Waals surface area contributed by atoms with Crippen LogP contribution in [-0.2, 0) is 18.0 Å². The number of amides is 1. The van der Waals surface area contributed by atoms with E-state index in [2.05, 4.69) is 30.6 Å². The SMILES string of the molecule is CCNc1cc(-c2ccc(F)cc2-c2nncn2C)cc(C(=O)Nc2cc(C(=O)OC)cc(C(F)(F)F)c2O)n1. The zero-order valence-corrected chi connectivity index (χ0v) is 21.3. The Morgan fingerprint density at radius 2 is 1.85 bits per heavy atom. The van der Waals surface area contributed by atoms with Crippen molar-refractivity contribution in [2.75, 3.05) is 24.3 Å². The molecule has 3 N–H and O–H groups in total. The molecule has 4 rings (SSSR count). The first-order valence-corrected chi connectivity index (χ1v) is 11.7. The molecular weight excluding hydrogens is 536 g/mol. The van der Waals surface area contributed by atoms with E-state index in [1.54, 1.807) is 24.6 Å². The lowest BCUT2D eigenvalue weighted by Crippen LogP contribution is -2.17. The van der Waals surface area contributed by atoms with E-state index in [1.165, 1.54) is 30.6 Å². The third kappa shape index (κ3) is 5.70. The van der Waals surface area contributed by atoms with Crippen LogP contribution >= 0.6 is 0 Å². The number of esters is 1. The molecule has 0 aliphatic rings. The monoisotopic (exact) mass is 558 g/mol. The van der Waals surface area contributed by atoms with Gasteiger partial charge in [-0.2, -0.15) is 13.2 Å². The van der Waals surface area contributed by atoms with Crippen LogP contribution in [0, 0.1) is 5.82 Å². The summed E-state index contributed by atoms with van der Waals surface area (Å²) in [4.78, 5) is 29.4. The summed E-state index contributed by atoms with van der Waals surface area (Å²) in [7, 11) is 2.65. The number of phenolic OH excluding ortho intramolecular Hbond substituents is 1. The van der Waals surface area contributed by atoms with Crippen LogP contribution in [0.25, 0.3) is 22.5 Å². The van der Waals surface area contributed by atoms with Crippen LogP contribution < -0.4 is 10.6 Å². The van der Waals surface area contributed by atoms with Crippen molar-refractivity contribution in [2.24, 2.45) is 7.05 Å². The van der Waals surface area contributed by atoms with Gasteiger partial charge in [0.15, 0.2) is 11.6 Å². The van der Waals surface area contributed by atoms with E-state index >= 15 is 0 Å². The number of rotatable bonds is 7. The van der Waals surface area contributed by atoms with Crippen molar-refractivity contribution in [1.82, 2.24) is 19.7 Å². The first kappa shape index (κ1) is 28.0. The number of phenols is 1. The Balaban J connectivity index is 1.82. The van der Waals surface area contributed by atoms with Gasteiger partial charge in [-0.15, -0.1) is 10.2 Å². The number of pyridine rings is 1. The Kier molecular flexibility index (Phi) is 7.70. The summed E-state index contributed by atoms with van der Waals surface area (Å²) in [6.45, 7) is 2.19. The molecule has 2 heterocycles. The minimum atomic E-state index is -5.04. The van der Waals surface area contributed by atoms with Crippen molar-refractivity contribution in [3.05, 3.63) is 71.4 Å². The molecule has 0 fully saturated rings. The number of nitrogens with one attached hydrogen (secondary N) is 2. The van der Waals surface area contributed by atoms with Crippen molar-refractivity contribution in [1.29, 1.82) is 0 Å². The van der Waals surface area contributed by atoms with E-state index in [1.807, 2.05) is 0 Å². The zero-order chi connectivity index (χ0) is 29.2. The number of halogens is 4. The van der Waals surface area contributed by atoms with Crippen LogP contribution in [0.5, 0.6) is 5.75 Å². The van der Waals surface area contributed by atoms with Gasteiger partial charge in [0.2, 0.25) is 0 Å². The fraction of sp³-hybridized carbons (Fsp3) is 0.192. The topological polar surface area (TPSA) is 131 Å². The van der Waals surface area contributed by atoms with E-state index in [0.29, 0.717) is 35.1 Å². The maximum absolute atomic E-state index is 14.2. The second-order valence-corrected chi connectivity index (χ2v) is 8.48. The third-order valence-corrected chi connectivity index (χ3v) is 5.75. The van der Waals surface area contributed by atoms with Gasteiger partial charge in [0.05, 0.1) is 18.4 Å². The highest BCUT2D eigenvalue weighted by Crippen LogP contribution is 2.41. The van der Waals surface area contributed by atoms with Gasteiger partial charge in [-0.3, -0.25) is 4.79 Å². The van der Waals surface area contributed by atoms with Crippen LogP contribution in [0.1, 0.15) is 33.3 Å². The van der Waals surface area contributed by atoms with Gasteiger partial charge in [0, 0.05) is 19.2 Å². The van der Waals surface area contributed by atoms with E-state index in [0.717, 1.165) is 13.2 Å². The quantitative estimate of drug-likeness (QED) is 0.166. The molecule has 0 saturated carbocycles.